The van der Waals surface area contributed by atoms with Crippen LogP contribution >= 0.6 is 15.9 Å². The fourth-order valence-electron chi connectivity index (χ4n) is 3.48. The average molecular weight is 357 g/mol. The van der Waals surface area contributed by atoms with Crippen LogP contribution in [-0.4, -0.2) is 31.8 Å². The number of hydrogen-bond donors (Lipinski definition) is 2. The molecule has 0 aromatic heterocycles. The molecule has 1 aromatic rings. The summed E-state index contributed by atoms with van der Waals surface area (Å²) >= 11 is 3.19. The highest BCUT2D eigenvalue weighted by molar-refractivity contribution is 9.10. The van der Waals surface area contributed by atoms with E-state index in [4.69, 9.17) is 4.74 Å². The molecule has 2 fully saturated rings. The molecule has 21 heavy (non-hydrogen) atoms. The van der Waals surface area contributed by atoms with Crippen LogP contribution in [0.25, 0.3) is 0 Å². The van der Waals surface area contributed by atoms with Crippen LogP contribution in [0.5, 0.6) is 0 Å². The van der Waals surface area contributed by atoms with Crippen molar-refractivity contribution in [2.75, 3.05) is 19.8 Å². The number of halogens is 2. The summed E-state index contributed by atoms with van der Waals surface area (Å²) < 4.78 is 19.7. The summed E-state index contributed by atoms with van der Waals surface area (Å²) in [5.41, 5.74) is 0.995. The quantitative estimate of drug-likeness (QED) is 0.870. The number of hydrogen-bond acceptors (Lipinski definition) is 3. The van der Waals surface area contributed by atoms with Crippen LogP contribution in [-0.2, 0) is 11.3 Å². The van der Waals surface area contributed by atoms with Gasteiger partial charge >= 0.3 is 0 Å². The molecule has 3 nitrogen and oxygen atoms in total. The third-order valence-electron chi connectivity index (χ3n) is 4.59. The van der Waals surface area contributed by atoms with E-state index in [1.165, 1.54) is 19.3 Å². The minimum absolute atomic E-state index is 0.195. The molecular weight excluding hydrogens is 335 g/mol. The molecule has 0 spiro atoms. The van der Waals surface area contributed by atoms with Gasteiger partial charge in [-0.2, -0.15) is 0 Å². The zero-order valence-electron chi connectivity index (χ0n) is 12.1. The zero-order valence-corrected chi connectivity index (χ0v) is 13.7. The van der Waals surface area contributed by atoms with Gasteiger partial charge in [-0.15, -0.1) is 0 Å². The van der Waals surface area contributed by atoms with Crippen LogP contribution < -0.4 is 10.6 Å². The first-order valence-electron chi connectivity index (χ1n) is 7.72. The molecule has 0 radical (unpaired) electrons. The lowest BCUT2D eigenvalue weighted by Gasteiger charge is -2.33. The molecule has 2 N–H and O–H groups in total. The van der Waals surface area contributed by atoms with Gasteiger partial charge in [0.15, 0.2) is 0 Å². The van der Waals surface area contributed by atoms with Crippen molar-refractivity contribution in [3.63, 3.8) is 0 Å². The normalized spacial score (nSPS) is 29.7. The summed E-state index contributed by atoms with van der Waals surface area (Å²) in [4.78, 5) is 0. The van der Waals surface area contributed by atoms with Gasteiger partial charge in [0.05, 0.1) is 17.7 Å². The van der Waals surface area contributed by atoms with E-state index < -0.39 is 0 Å². The Labute approximate surface area is 133 Å². The second kappa shape index (κ2) is 7.18. The lowest BCUT2D eigenvalue weighted by atomic mass is 9.94. The second-order valence-corrected chi connectivity index (χ2v) is 6.82. The molecule has 2 aliphatic rings. The van der Waals surface area contributed by atoms with Crippen LogP contribution in [0.2, 0.25) is 0 Å². The first-order chi connectivity index (χ1) is 10.2. The van der Waals surface area contributed by atoms with Gasteiger partial charge < -0.3 is 15.4 Å². The van der Waals surface area contributed by atoms with Crippen molar-refractivity contribution in [1.29, 1.82) is 0 Å². The third-order valence-corrected chi connectivity index (χ3v) is 5.23. The molecule has 1 aliphatic heterocycles. The van der Waals surface area contributed by atoms with Gasteiger partial charge in [-0.1, -0.05) is 12.5 Å². The predicted molar refractivity (Wildman–Crippen MR) is 84.7 cm³/mol. The molecule has 116 valence electrons. The van der Waals surface area contributed by atoms with Gasteiger partial charge in [0, 0.05) is 25.2 Å². The topological polar surface area (TPSA) is 33.3 Å². The Morgan fingerprint density at radius 3 is 3.05 bits per heavy atom. The lowest BCUT2D eigenvalue weighted by molar-refractivity contribution is 0.0524. The lowest BCUT2D eigenvalue weighted by Crippen LogP contribution is -2.50. The van der Waals surface area contributed by atoms with Crippen molar-refractivity contribution in [1.82, 2.24) is 10.6 Å². The fourth-order valence-corrected chi connectivity index (χ4v) is 3.73. The Morgan fingerprint density at radius 1 is 1.38 bits per heavy atom. The minimum Gasteiger partial charge on any atom is -0.379 e. The summed E-state index contributed by atoms with van der Waals surface area (Å²) in [6.07, 6.45) is 3.70. The molecule has 1 saturated carbocycles. The zero-order chi connectivity index (χ0) is 14.7. The number of benzene rings is 1. The monoisotopic (exact) mass is 356 g/mol. The molecule has 1 saturated heterocycles. The summed E-state index contributed by atoms with van der Waals surface area (Å²) in [5, 5.41) is 7.19. The number of ether oxygens (including phenoxy) is 1. The number of nitrogens with one attached hydrogen (secondary N) is 2. The van der Waals surface area contributed by atoms with Crippen molar-refractivity contribution in [2.45, 2.75) is 37.9 Å². The SMILES string of the molecule is Fc1cc(CNC2CCCC2C2COCCN2)ccc1Br. The van der Waals surface area contributed by atoms with Crippen molar-refractivity contribution in [2.24, 2.45) is 5.92 Å². The Hall–Kier alpha value is -0.490. The molecule has 3 rings (SSSR count). The van der Waals surface area contributed by atoms with Crippen LogP contribution in [0.15, 0.2) is 22.7 Å². The van der Waals surface area contributed by atoms with Gasteiger partial charge in [0.2, 0.25) is 0 Å². The average Bonchev–Trinajstić information content (AvgIpc) is 2.98. The smallest absolute Gasteiger partial charge is 0.137 e. The van der Waals surface area contributed by atoms with E-state index in [1.807, 2.05) is 6.07 Å². The van der Waals surface area contributed by atoms with Crippen LogP contribution in [0.3, 0.4) is 0 Å². The standard InChI is InChI=1S/C16H22BrFN2O/c17-13-5-4-11(8-14(13)18)9-20-15-3-1-2-12(15)16-10-21-7-6-19-16/h4-5,8,12,15-16,19-20H,1-3,6-7,9-10H2. The van der Waals surface area contributed by atoms with E-state index in [0.717, 1.165) is 31.9 Å². The molecule has 1 aromatic carbocycles. The molecule has 5 heteroatoms. The summed E-state index contributed by atoms with van der Waals surface area (Å²) in [5.74, 6) is 0.421. The third kappa shape index (κ3) is 3.83. The number of morpholine rings is 1. The maximum atomic E-state index is 13.5. The maximum absolute atomic E-state index is 13.5. The van der Waals surface area contributed by atoms with E-state index in [9.17, 15) is 4.39 Å². The second-order valence-electron chi connectivity index (χ2n) is 5.97. The largest absolute Gasteiger partial charge is 0.379 e. The Balaban J connectivity index is 1.57. The number of rotatable bonds is 4. The molecule has 1 heterocycles. The summed E-state index contributed by atoms with van der Waals surface area (Å²) in [7, 11) is 0. The molecule has 1 aliphatic carbocycles. The Kier molecular flexibility index (Phi) is 5.27. The molecule has 3 atom stereocenters. The van der Waals surface area contributed by atoms with E-state index in [2.05, 4.69) is 26.6 Å². The van der Waals surface area contributed by atoms with Crippen molar-refractivity contribution in [3.05, 3.63) is 34.1 Å². The van der Waals surface area contributed by atoms with Crippen LogP contribution in [0.1, 0.15) is 24.8 Å². The van der Waals surface area contributed by atoms with Crippen molar-refractivity contribution in [3.8, 4) is 0 Å². The Morgan fingerprint density at radius 2 is 2.29 bits per heavy atom. The van der Waals surface area contributed by atoms with Gasteiger partial charge in [-0.3, -0.25) is 0 Å². The van der Waals surface area contributed by atoms with Crippen molar-refractivity contribution >= 4 is 15.9 Å². The van der Waals surface area contributed by atoms with E-state index >= 15 is 0 Å². The van der Waals surface area contributed by atoms with E-state index in [-0.39, 0.29) is 5.82 Å². The molecule has 0 amide bonds. The van der Waals surface area contributed by atoms with Crippen molar-refractivity contribution < 1.29 is 9.13 Å². The van der Waals surface area contributed by atoms with Gasteiger partial charge in [0.25, 0.3) is 0 Å². The molecule has 3 unspecified atom stereocenters. The fraction of sp³-hybridized carbons (Fsp3) is 0.625. The van der Waals surface area contributed by atoms with Crippen LogP contribution in [0, 0.1) is 11.7 Å². The molecule has 0 bridgehead atoms. The maximum Gasteiger partial charge on any atom is 0.137 e. The van der Waals surface area contributed by atoms with Gasteiger partial charge in [-0.05, 0) is 52.4 Å². The van der Waals surface area contributed by atoms with E-state index in [0.29, 0.717) is 22.5 Å². The molecular formula is C16H22BrFN2O. The van der Waals surface area contributed by atoms with Crippen LogP contribution in [0.4, 0.5) is 4.39 Å². The summed E-state index contributed by atoms with van der Waals surface area (Å²) in [6.45, 7) is 3.31. The van der Waals surface area contributed by atoms with Gasteiger partial charge in [0.1, 0.15) is 5.82 Å². The van der Waals surface area contributed by atoms with E-state index in [1.54, 1.807) is 12.1 Å². The first-order valence-corrected chi connectivity index (χ1v) is 8.52. The highest BCUT2D eigenvalue weighted by Gasteiger charge is 2.34. The highest BCUT2D eigenvalue weighted by atomic mass is 79.9. The summed E-state index contributed by atoms with van der Waals surface area (Å²) in [6, 6.07) is 6.29. The predicted octanol–water partition coefficient (Wildman–Crippen LogP) is 2.83. The highest BCUT2D eigenvalue weighted by Crippen LogP contribution is 2.29. The Bertz CT molecular complexity index is 479. The minimum atomic E-state index is -0.195. The first kappa shape index (κ1) is 15.4. The van der Waals surface area contributed by atoms with Gasteiger partial charge in [-0.25, -0.2) is 4.39 Å².